The number of halogens is 1. The number of hydrogen-bond acceptors (Lipinski definition) is 3. The first-order valence-electron chi connectivity index (χ1n) is 4.97. The summed E-state index contributed by atoms with van der Waals surface area (Å²) >= 11 is 5.80. The third-order valence-corrected chi connectivity index (χ3v) is 3.06. The van der Waals surface area contributed by atoms with Crippen LogP contribution >= 0.6 is 11.6 Å². The van der Waals surface area contributed by atoms with Gasteiger partial charge in [-0.2, -0.15) is 0 Å². The van der Waals surface area contributed by atoms with Gasteiger partial charge in [-0.05, 0) is 18.7 Å². The zero-order valence-electron chi connectivity index (χ0n) is 8.59. The molecule has 5 heteroatoms. The molecule has 1 unspecified atom stereocenters. The predicted molar refractivity (Wildman–Crippen MR) is 60.3 cm³/mol. The van der Waals surface area contributed by atoms with Crippen LogP contribution in [0.3, 0.4) is 0 Å². The average Bonchev–Trinajstić information content (AvgIpc) is 2.23. The smallest absolute Gasteiger partial charge is 0.266 e. The van der Waals surface area contributed by atoms with Gasteiger partial charge in [0.25, 0.3) is 5.56 Å². The van der Waals surface area contributed by atoms with Gasteiger partial charge in [0.1, 0.15) is 5.02 Å². The fraction of sp³-hybridized carbons (Fsp3) is 0.500. The van der Waals surface area contributed by atoms with Crippen molar-refractivity contribution in [3.05, 3.63) is 33.2 Å². The molecule has 0 radical (unpaired) electrons. The summed E-state index contributed by atoms with van der Waals surface area (Å²) in [6.45, 7) is 2.89. The number of aromatic nitrogens is 1. The number of aromatic amines is 1. The van der Waals surface area contributed by atoms with Crippen molar-refractivity contribution < 1.29 is 0 Å². The van der Waals surface area contributed by atoms with Crippen molar-refractivity contribution >= 4 is 11.6 Å². The molecule has 1 aromatic rings. The highest BCUT2D eigenvalue weighted by Crippen LogP contribution is 2.20. The molecule has 1 atom stereocenters. The Morgan fingerprint density at radius 3 is 3.07 bits per heavy atom. The predicted octanol–water partition coefficient (Wildman–Crippen LogP) is 0.604. The molecule has 2 heterocycles. The van der Waals surface area contributed by atoms with Crippen molar-refractivity contribution in [1.82, 2.24) is 15.2 Å². The lowest BCUT2D eigenvalue weighted by molar-refractivity contribution is 0.202. The van der Waals surface area contributed by atoms with Crippen LogP contribution < -0.4 is 10.9 Å². The molecule has 0 amide bonds. The van der Waals surface area contributed by atoms with Gasteiger partial charge in [-0.25, -0.2) is 0 Å². The molecule has 1 fully saturated rings. The Hall–Kier alpha value is -0.840. The molecule has 0 saturated carbocycles. The molecule has 0 aliphatic carbocycles. The number of rotatable bonds is 1. The molecule has 0 bridgehead atoms. The molecular weight excluding hydrogens is 214 g/mol. The van der Waals surface area contributed by atoms with Crippen molar-refractivity contribution in [3.8, 4) is 0 Å². The maximum Gasteiger partial charge on any atom is 0.266 e. The third kappa shape index (κ3) is 2.22. The summed E-state index contributed by atoms with van der Waals surface area (Å²) in [4.78, 5) is 16.0. The minimum absolute atomic E-state index is 0.230. The quantitative estimate of drug-likeness (QED) is 0.739. The lowest BCUT2D eigenvalue weighted by Gasteiger charge is -2.33. The average molecular weight is 228 g/mol. The van der Waals surface area contributed by atoms with E-state index in [1.807, 2.05) is 0 Å². The molecule has 1 aliphatic rings. The van der Waals surface area contributed by atoms with Gasteiger partial charge in [0, 0.05) is 31.9 Å². The maximum atomic E-state index is 11.1. The van der Waals surface area contributed by atoms with Gasteiger partial charge in [-0.3, -0.25) is 9.69 Å². The van der Waals surface area contributed by atoms with E-state index in [2.05, 4.69) is 22.2 Å². The first kappa shape index (κ1) is 10.7. The van der Waals surface area contributed by atoms with Crippen LogP contribution in [-0.4, -0.2) is 36.6 Å². The summed E-state index contributed by atoms with van der Waals surface area (Å²) in [6, 6.07) is 2.03. The molecule has 0 spiro atoms. The zero-order valence-corrected chi connectivity index (χ0v) is 9.34. The molecule has 1 aromatic heterocycles. The molecule has 2 rings (SSSR count). The van der Waals surface area contributed by atoms with Crippen LogP contribution in [0.15, 0.2) is 17.1 Å². The SMILES string of the molecule is CN1CCNCC1c1c[nH]c(=O)c(Cl)c1. The number of piperazine rings is 1. The molecule has 1 saturated heterocycles. The Kier molecular flexibility index (Phi) is 3.09. The number of H-pyrrole nitrogens is 1. The van der Waals surface area contributed by atoms with Crippen molar-refractivity contribution in [1.29, 1.82) is 0 Å². The maximum absolute atomic E-state index is 11.1. The normalized spacial score (nSPS) is 22.9. The Bertz CT molecular complexity index is 404. The van der Waals surface area contributed by atoms with Crippen LogP contribution in [0.4, 0.5) is 0 Å². The Labute approximate surface area is 93.2 Å². The minimum Gasteiger partial charge on any atom is -0.327 e. The van der Waals surface area contributed by atoms with Crippen molar-refractivity contribution in [2.24, 2.45) is 0 Å². The van der Waals surface area contributed by atoms with Gasteiger partial charge >= 0.3 is 0 Å². The zero-order chi connectivity index (χ0) is 10.8. The van der Waals surface area contributed by atoms with E-state index in [0.29, 0.717) is 0 Å². The molecule has 2 N–H and O–H groups in total. The van der Waals surface area contributed by atoms with Gasteiger partial charge < -0.3 is 10.3 Å². The van der Waals surface area contributed by atoms with E-state index in [1.54, 1.807) is 12.3 Å². The lowest BCUT2D eigenvalue weighted by Crippen LogP contribution is -2.43. The summed E-state index contributed by atoms with van der Waals surface area (Å²) < 4.78 is 0. The van der Waals surface area contributed by atoms with E-state index in [9.17, 15) is 4.79 Å². The molecule has 82 valence electrons. The van der Waals surface area contributed by atoms with Crippen LogP contribution in [0.5, 0.6) is 0 Å². The van der Waals surface area contributed by atoms with Crippen molar-refractivity contribution in [2.75, 3.05) is 26.7 Å². The van der Waals surface area contributed by atoms with Crippen LogP contribution in [0.25, 0.3) is 0 Å². The van der Waals surface area contributed by atoms with Crippen molar-refractivity contribution in [3.63, 3.8) is 0 Å². The molecular formula is C10H14ClN3O. The number of likely N-dealkylation sites (N-methyl/N-ethyl adjacent to an activating group) is 1. The fourth-order valence-corrected chi connectivity index (χ4v) is 2.02. The monoisotopic (exact) mass is 227 g/mol. The number of hydrogen-bond donors (Lipinski definition) is 2. The summed E-state index contributed by atoms with van der Waals surface area (Å²) in [5.41, 5.74) is 0.820. The van der Waals surface area contributed by atoms with E-state index in [1.165, 1.54) is 0 Å². The summed E-state index contributed by atoms with van der Waals surface area (Å²) in [5, 5.41) is 3.58. The molecule has 1 aliphatic heterocycles. The highest BCUT2D eigenvalue weighted by molar-refractivity contribution is 6.30. The molecule has 0 aromatic carbocycles. The topological polar surface area (TPSA) is 48.1 Å². The third-order valence-electron chi connectivity index (χ3n) is 2.78. The van der Waals surface area contributed by atoms with Crippen LogP contribution in [0, 0.1) is 0 Å². The second kappa shape index (κ2) is 4.35. The first-order valence-corrected chi connectivity index (χ1v) is 5.35. The first-order chi connectivity index (χ1) is 7.18. The van der Waals surface area contributed by atoms with Gasteiger partial charge in [-0.15, -0.1) is 0 Å². The van der Waals surface area contributed by atoms with Crippen LogP contribution in [0.2, 0.25) is 5.02 Å². The Balaban J connectivity index is 2.28. The Morgan fingerprint density at radius 1 is 1.60 bits per heavy atom. The van der Waals surface area contributed by atoms with Crippen LogP contribution in [-0.2, 0) is 0 Å². The fourth-order valence-electron chi connectivity index (χ4n) is 1.84. The van der Waals surface area contributed by atoms with Crippen LogP contribution in [0.1, 0.15) is 11.6 Å². The van der Waals surface area contributed by atoms with Gasteiger partial charge in [0.15, 0.2) is 0 Å². The number of pyridine rings is 1. The second-order valence-corrected chi connectivity index (χ2v) is 4.22. The molecule has 4 nitrogen and oxygen atoms in total. The largest absolute Gasteiger partial charge is 0.327 e. The van der Waals surface area contributed by atoms with Gasteiger partial charge in [0.2, 0.25) is 0 Å². The minimum atomic E-state index is -0.230. The lowest BCUT2D eigenvalue weighted by atomic mass is 10.1. The van der Waals surface area contributed by atoms with Gasteiger partial charge in [-0.1, -0.05) is 11.6 Å². The van der Waals surface area contributed by atoms with Crippen molar-refractivity contribution in [2.45, 2.75) is 6.04 Å². The highest BCUT2D eigenvalue weighted by atomic mass is 35.5. The van der Waals surface area contributed by atoms with E-state index >= 15 is 0 Å². The second-order valence-electron chi connectivity index (χ2n) is 3.81. The number of nitrogens with zero attached hydrogens (tertiary/aromatic N) is 1. The van der Waals surface area contributed by atoms with E-state index < -0.39 is 0 Å². The summed E-state index contributed by atoms with van der Waals surface area (Å²) in [7, 11) is 2.07. The van der Waals surface area contributed by atoms with E-state index in [-0.39, 0.29) is 16.6 Å². The highest BCUT2D eigenvalue weighted by Gasteiger charge is 2.20. The Morgan fingerprint density at radius 2 is 2.40 bits per heavy atom. The summed E-state index contributed by atoms with van der Waals surface area (Å²) in [5.74, 6) is 0. The molecule has 15 heavy (non-hydrogen) atoms. The number of nitrogens with one attached hydrogen (secondary N) is 2. The van der Waals surface area contributed by atoms with Gasteiger partial charge in [0.05, 0.1) is 0 Å². The standard InChI is InChI=1S/C10H14ClN3O/c1-14-3-2-12-6-9(14)7-4-8(11)10(15)13-5-7/h4-5,9,12H,2-3,6H2,1H3,(H,13,15). The van der Waals surface area contributed by atoms with E-state index in [0.717, 1.165) is 25.2 Å². The van der Waals surface area contributed by atoms with E-state index in [4.69, 9.17) is 11.6 Å². The summed E-state index contributed by atoms with van der Waals surface area (Å²) in [6.07, 6.45) is 1.74.